The number of nitrogens with zero attached hydrogens (tertiary/aromatic N) is 6. The average molecular weight is 1300 g/mol. The van der Waals surface area contributed by atoms with Crippen LogP contribution >= 0.6 is 15.6 Å². The van der Waals surface area contributed by atoms with Crippen LogP contribution in [0, 0.1) is 33.9 Å². The zero-order chi connectivity index (χ0) is 64.5. The van der Waals surface area contributed by atoms with Crippen molar-refractivity contribution < 1.29 is 64.8 Å². The van der Waals surface area contributed by atoms with Gasteiger partial charge in [0.15, 0.2) is 0 Å². The van der Waals surface area contributed by atoms with Gasteiger partial charge in [-0.25, -0.2) is 36.7 Å². The van der Waals surface area contributed by atoms with Crippen molar-refractivity contribution in [3.8, 4) is 0 Å². The second-order valence-corrected chi connectivity index (χ2v) is 30.0. The summed E-state index contributed by atoms with van der Waals surface area (Å²) in [7, 11) is -13.4. The lowest BCUT2D eigenvalue weighted by atomic mass is 10.2. The minimum Gasteiger partial charge on any atom is -0.402 e. The van der Waals surface area contributed by atoms with Crippen LogP contribution in [0.1, 0.15) is 85.8 Å². The second kappa shape index (κ2) is 28.8. The quantitative estimate of drug-likeness (QED) is 0.0234. The number of H-pyrrole nitrogens is 2. The number of phosphoric acid groups is 2. The molecule has 4 N–H and O–H groups in total. The maximum atomic E-state index is 15.5. The van der Waals surface area contributed by atoms with Crippen molar-refractivity contribution in [2.45, 2.75) is 121 Å². The fourth-order valence-electron chi connectivity index (χ4n) is 10.9. The molecule has 90 heavy (non-hydrogen) atoms. The molecular weight excluding hydrogens is 1230 g/mol. The third-order valence-corrected chi connectivity index (χ3v) is 23.4. The number of aliphatic hydroxyl groups excluding tert-OH is 1. The van der Waals surface area contributed by atoms with E-state index in [1.807, 2.05) is 60.7 Å². The molecule has 3 saturated heterocycles. The molecule has 6 aromatic rings. The predicted molar refractivity (Wildman–Crippen MR) is 327 cm³/mol. The van der Waals surface area contributed by atoms with Crippen LogP contribution in [-0.4, -0.2) is 131 Å². The number of carbonyl (C=O) groups excluding carboxylic acids is 1. The summed E-state index contributed by atoms with van der Waals surface area (Å²) in [6, 6.07) is 27.8. The van der Waals surface area contributed by atoms with E-state index in [2.05, 4.69) is 50.7 Å². The van der Waals surface area contributed by atoms with Crippen LogP contribution in [0.15, 0.2) is 134 Å². The molecule has 6 heterocycles. The van der Waals surface area contributed by atoms with Crippen LogP contribution in [0.2, 0.25) is 5.04 Å². The molecule has 9 rings (SSSR count). The summed E-state index contributed by atoms with van der Waals surface area (Å²) in [5, 5.41) is 14.3. The van der Waals surface area contributed by atoms with Gasteiger partial charge in [0.1, 0.15) is 68.2 Å². The molecule has 3 aliphatic heterocycles. The van der Waals surface area contributed by atoms with Gasteiger partial charge in [0.05, 0.1) is 25.9 Å². The number of hydrogen-bond acceptors (Lipinski definition) is 20. The van der Waals surface area contributed by atoms with Gasteiger partial charge in [-0.2, -0.15) is 4.98 Å². The van der Waals surface area contributed by atoms with Crippen LogP contribution in [0.25, 0.3) is 9.69 Å². The lowest BCUT2D eigenvalue weighted by molar-refractivity contribution is -0.0645. The number of aliphatic hydroxyl groups is 1. The molecular formula is C59H69N9O19P2Si. The second-order valence-electron chi connectivity index (χ2n) is 22.5. The number of ether oxygens (including phenoxy) is 3. The number of benzene rings is 3. The molecule has 3 aromatic heterocycles. The first-order valence-corrected chi connectivity index (χ1v) is 33.6. The van der Waals surface area contributed by atoms with E-state index in [-0.39, 0.29) is 49.3 Å². The number of rotatable bonds is 26. The summed E-state index contributed by atoms with van der Waals surface area (Å²) in [5.74, 6) is -0.466. The number of hydrogen-bond donors (Lipinski definition) is 4. The third kappa shape index (κ3) is 15.3. The SMILES string of the molecule is [C-]#[N+]CCOP(=O)(OC[C@H]1O[C@@H](n2cc(C)c(=O)[nH]c2=O)C[C@H]1OP(=O)(OCC[N+]#[C-])OC[C@H]1O[C@@H](n2cc(C)c(NC(=O)c3ccccc3)nc2=O)C[C@H]1O[Si](c1ccccc1)(c1ccccc1)C(C)(C)C)O[C@@H]1C[C@H](n2cc(C)c(=O)[nH]c2=O)O[C@@H]1CO. The van der Waals surface area contributed by atoms with E-state index in [0.717, 1.165) is 19.5 Å². The Kier molecular flexibility index (Phi) is 21.5. The number of carbonyl (C=O) groups is 1. The Morgan fingerprint density at radius 2 is 1.07 bits per heavy atom. The summed E-state index contributed by atoms with van der Waals surface area (Å²) >= 11 is 0. The van der Waals surface area contributed by atoms with Gasteiger partial charge in [0, 0.05) is 60.1 Å². The highest BCUT2D eigenvalue weighted by Gasteiger charge is 2.55. The number of aromatic amines is 2. The lowest BCUT2D eigenvalue weighted by Gasteiger charge is -2.45. The van der Waals surface area contributed by atoms with Crippen molar-refractivity contribution in [3.05, 3.63) is 207 Å². The Morgan fingerprint density at radius 1 is 0.644 bits per heavy atom. The fourth-order valence-corrected chi connectivity index (χ4v) is 18.4. The molecule has 31 heteroatoms. The number of aryl methyl sites for hydroxylation is 3. The van der Waals surface area contributed by atoms with Gasteiger partial charge in [-0.1, -0.05) is 99.6 Å². The molecule has 478 valence electrons. The molecule has 0 aliphatic carbocycles. The van der Waals surface area contributed by atoms with E-state index >= 15 is 4.57 Å². The Labute approximate surface area is 516 Å². The summed E-state index contributed by atoms with van der Waals surface area (Å²) in [6.45, 7) is 21.9. The number of nitrogens with one attached hydrogen (secondary N) is 3. The first-order valence-electron chi connectivity index (χ1n) is 28.8. The highest BCUT2D eigenvalue weighted by molar-refractivity contribution is 7.48. The largest absolute Gasteiger partial charge is 0.475 e. The van der Waals surface area contributed by atoms with Crippen LogP contribution in [0.4, 0.5) is 5.82 Å². The van der Waals surface area contributed by atoms with Crippen LogP contribution in [0.5, 0.6) is 0 Å². The number of phosphoric ester groups is 2. The molecule has 11 atom stereocenters. The highest BCUT2D eigenvalue weighted by Crippen LogP contribution is 2.56. The Bertz CT molecular complexity index is 3980. The van der Waals surface area contributed by atoms with E-state index in [0.29, 0.717) is 11.1 Å². The molecule has 0 radical (unpaired) electrons. The van der Waals surface area contributed by atoms with Crippen molar-refractivity contribution in [3.63, 3.8) is 0 Å². The average Bonchev–Trinajstić information content (AvgIpc) is 0.983. The Morgan fingerprint density at radius 3 is 1.53 bits per heavy atom. The standard InChI is InChI=1S/C59H69N9O19P2Si/c1-37-31-66(56(73)63-52(37)62-55(72)40-18-12-9-13-19-40)51-30-45(87-90(59(4,5)6,41-20-14-10-15-21-41)42-22-16-11-17-23-42)48(84-51)36-81-89(77,79-27-25-61-8)86-44-29-50(68-33-39(3)54(71)65-58(68)75)83-47(44)35-80-88(76,78-26-24-60-7)85-43-28-49(82-46(43)34-69)67-32-38(2)53(70)64-57(67)74/h9-23,31-33,43-51,69H,24-30,34-36H2,1-6H3,(H,64,70,74)(H,65,71,75)(H,62,63,72,73)/t43-,44-,45-,46-,47-,48-,49-,50-,51-,88?,89?/m1/s1. The van der Waals surface area contributed by atoms with Crippen LogP contribution in [-0.2, 0) is 54.9 Å². The van der Waals surface area contributed by atoms with Crippen LogP contribution < -0.4 is 43.9 Å². The van der Waals surface area contributed by atoms with Gasteiger partial charge in [-0.15, -0.1) is 0 Å². The molecule has 3 aliphatic rings. The predicted octanol–water partition coefficient (Wildman–Crippen LogP) is 5.21. The van der Waals surface area contributed by atoms with Gasteiger partial charge >= 0.3 is 32.7 Å². The minimum absolute atomic E-state index is 0.00198. The van der Waals surface area contributed by atoms with Gasteiger partial charge in [0.2, 0.25) is 13.1 Å². The summed E-state index contributed by atoms with van der Waals surface area (Å²) in [4.78, 5) is 93.7. The van der Waals surface area contributed by atoms with Crippen molar-refractivity contribution in [1.82, 2.24) is 28.7 Å². The van der Waals surface area contributed by atoms with E-state index in [1.165, 1.54) is 37.0 Å². The van der Waals surface area contributed by atoms with Gasteiger partial charge in [-0.05, 0) is 48.3 Å². The Balaban J connectivity index is 1.04. The minimum atomic E-state index is -5.01. The normalized spacial score (nSPS) is 23.1. The van der Waals surface area contributed by atoms with E-state index in [4.69, 9.17) is 58.9 Å². The monoisotopic (exact) mass is 1300 g/mol. The smallest absolute Gasteiger partial charge is 0.402 e. The number of amides is 1. The van der Waals surface area contributed by atoms with E-state index < -0.39 is 151 Å². The maximum absolute atomic E-state index is 15.5. The molecule has 0 spiro atoms. The van der Waals surface area contributed by atoms with Crippen molar-refractivity contribution >= 4 is 46.1 Å². The Hall–Kier alpha value is -7.41. The fraction of sp³-hybridized carbons (Fsp3) is 0.441. The molecule has 0 saturated carbocycles. The van der Waals surface area contributed by atoms with Gasteiger partial charge < -0.3 is 38.7 Å². The zero-order valence-electron chi connectivity index (χ0n) is 50.0. The van der Waals surface area contributed by atoms with Crippen molar-refractivity contribution in [2.75, 3.05) is 51.4 Å². The summed E-state index contributed by atoms with van der Waals surface area (Å²) in [6.07, 6.45) is -7.81. The van der Waals surface area contributed by atoms with Crippen molar-refractivity contribution in [1.29, 1.82) is 0 Å². The maximum Gasteiger partial charge on any atom is 0.475 e. The van der Waals surface area contributed by atoms with Gasteiger partial charge in [-0.3, -0.25) is 65.2 Å². The highest BCUT2D eigenvalue weighted by atomic mass is 31.2. The zero-order valence-corrected chi connectivity index (χ0v) is 52.8. The molecule has 0 bridgehead atoms. The van der Waals surface area contributed by atoms with E-state index in [9.17, 15) is 38.4 Å². The summed E-state index contributed by atoms with van der Waals surface area (Å²) in [5.41, 5.74) is -2.81. The molecule has 1 amide bonds. The first-order chi connectivity index (χ1) is 43.0. The number of aromatic nitrogens is 6. The molecule has 2 unspecified atom stereocenters. The van der Waals surface area contributed by atoms with E-state index in [1.54, 1.807) is 37.3 Å². The first kappa shape index (κ1) is 67.0. The number of anilines is 1. The lowest BCUT2D eigenvalue weighted by Crippen LogP contribution is -2.68. The molecule has 28 nitrogen and oxygen atoms in total. The van der Waals surface area contributed by atoms with Crippen LogP contribution in [0.3, 0.4) is 0 Å². The van der Waals surface area contributed by atoms with Gasteiger partial charge in [0.25, 0.3) is 25.3 Å². The van der Waals surface area contributed by atoms with Crippen molar-refractivity contribution in [2.24, 2.45) is 0 Å². The summed E-state index contributed by atoms with van der Waals surface area (Å²) < 4.78 is 96.4. The molecule has 3 aromatic carbocycles. The topological polar surface area (TPSA) is 329 Å². The molecule has 3 fully saturated rings. The third-order valence-electron chi connectivity index (χ3n) is 15.3.